The number of pyridine rings is 1. The first-order valence-corrected chi connectivity index (χ1v) is 9.25. The van der Waals surface area contributed by atoms with Crippen LogP contribution in [0.5, 0.6) is 11.6 Å². The van der Waals surface area contributed by atoms with Gasteiger partial charge in [-0.15, -0.1) is 0 Å². The molecule has 1 atom stereocenters. The number of allylic oxidation sites excluding steroid dienone is 1. The van der Waals surface area contributed by atoms with Crippen molar-refractivity contribution in [3.63, 3.8) is 0 Å². The number of amidine groups is 2. The molecule has 1 aromatic heterocycles. The van der Waals surface area contributed by atoms with Gasteiger partial charge in [0.05, 0.1) is 0 Å². The van der Waals surface area contributed by atoms with Crippen LogP contribution in [0.3, 0.4) is 0 Å². The summed E-state index contributed by atoms with van der Waals surface area (Å²) < 4.78 is 18.7. The molecule has 5 N–H and O–H groups in total. The molecule has 2 rings (SSSR count). The van der Waals surface area contributed by atoms with Crippen LogP contribution in [-0.4, -0.2) is 34.5 Å². The van der Waals surface area contributed by atoms with Gasteiger partial charge in [-0.2, -0.15) is 0 Å². The summed E-state index contributed by atoms with van der Waals surface area (Å²) in [6, 6.07) is 7.86. The molecule has 0 saturated carbocycles. The van der Waals surface area contributed by atoms with Gasteiger partial charge < -0.3 is 21.5 Å². The summed E-state index contributed by atoms with van der Waals surface area (Å²) in [4.78, 5) is 35.5. The van der Waals surface area contributed by atoms with Gasteiger partial charge in [0.2, 0.25) is 11.8 Å². The van der Waals surface area contributed by atoms with Crippen molar-refractivity contribution < 1.29 is 18.7 Å². The van der Waals surface area contributed by atoms with Gasteiger partial charge in [-0.3, -0.25) is 14.6 Å². The van der Waals surface area contributed by atoms with Crippen molar-refractivity contribution in [2.75, 3.05) is 0 Å². The Labute approximate surface area is 178 Å². The molecule has 0 aliphatic rings. The van der Waals surface area contributed by atoms with E-state index in [4.69, 9.17) is 16.2 Å². The molecule has 0 spiro atoms. The van der Waals surface area contributed by atoms with E-state index in [1.807, 2.05) is 0 Å². The van der Waals surface area contributed by atoms with Crippen LogP contribution >= 0.6 is 0 Å². The number of nitrogens with zero attached hydrogens (tertiary/aromatic N) is 3. The minimum absolute atomic E-state index is 0.104. The Bertz CT molecular complexity index is 1050. The largest absolute Gasteiger partial charge is 0.439 e. The molecule has 10 heteroatoms. The number of ether oxygens (including phenoxy) is 1. The number of hydrogen-bond donors (Lipinski definition) is 3. The molecule has 1 heterocycles. The van der Waals surface area contributed by atoms with Crippen molar-refractivity contribution in [3.8, 4) is 11.6 Å². The van der Waals surface area contributed by atoms with Crippen LogP contribution in [0.15, 0.2) is 64.4 Å². The van der Waals surface area contributed by atoms with E-state index in [-0.39, 0.29) is 23.2 Å². The molecule has 0 fully saturated rings. The molecular formula is C21H23FN6O3. The van der Waals surface area contributed by atoms with Crippen molar-refractivity contribution >= 4 is 23.5 Å². The number of carbonyl (C=O) groups is 2. The van der Waals surface area contributed by atoms with Crippen LogP contribution in [0, 0.1) is 5.82 Å². The summed E-state index contributed by atoms with van der Waals surface area (Å²) in [6.45, 7) is 4.75. The van der Waals surface area contributed by atoms with Gasteiger partial charge in [-0.05, 0) is 51.1 Å². The molecule has 2 aromatic rings. The third-order valence-electron chi connectivity index (χ3n) is 3.92. The predicted octanol–water partition coefficient (Wildman–Crippen LogP) is 2.03. The van der Waals surface area contributed by atoms with Crippen LogP contribution in [0.25, 0.3) is 0 Å². The van der Waals surface area contributed by atoms with Gasteiger partial charge in [-0.1, -0.05) is 6.08 Å². The lowest BCUT2D eigenvalue weighted by molar-refractivity contribution is -0.118. The number of nitrogens with one attached hydrogen (secondary N) is 1. The summed E-state index contributed by atoms with van der Waals surface area (Å²) in [7, 11) is 0. The molecule has 0 radical (unpaired) electrons. The minimum atomic E-state index is -0.780. The fourth-order valence-corrected chi connectivity index (χ4v) is 2.34. The van der Waals surface area contributed by atoms with Crippen molar-refractivity contribution in [2.45, 2.75) is 26.8 Å². The third-order valence-corrected chi connectivity index (χ3v) is 3.92. The highest BCUT2D eigenvalue weighted by atomic mass is 19.1. The van der Waals surface area contributed by atoms with E-state index in [2.05, 4.69) is 20.3 Å². The normalized spacial score (nSPS) is 13.5. The molecule has 0 aliphatic heterocycles. The maximum atomic E-state index is 13.1. The maximum Gasteiger partial charge on any atom is 0.264 e. The number of aromatic nitrogens is 1. The Morgan fingerprint density at radius 3 is 2.48 bits per heavy atom. The number of benzene rings is 1. The second kappa shape index (κ2) is 10.6. The third kappa shape index (κ3) is 7.03. The SMILES string of the molecule is C/C=C(\NC(=NC(C)=NC(C)C(N)=O)c1ccnc(Oc2ccc(F)cc2)c1)C(N)=O. The van der Waals surface area contributed by atoms with E-state index in [0.29, 0.717) is 11.3 Å². The number of rotatable bonds is 7. The van der Waals surface area contributed by atoms with E-state index in [9.17, 15) is 14.0 Å². The quantitative estimate of drug-likeness (QED) is 0.352. The molecule has 0 aliphatic carbocycles. The van der Waals surface area contributed by atoms with E-state index in [1.165, 1.54) is 43.5 Å². The molecule has 1 aromatic carbocycles. The first kappa shape index (κ1) is 23.2. The zero-order chi connectivity index (χ0) is 23.0. The van der Waals surface area contributed by atoms with Crippen LogP contribution in [-0.2, 0) is 9.59 Å². The van der Waals surface area contributed by atoms with Crippen LogP contribution < -0.4 is 21.5 Å². The van der Waals surface area contributed by atoms with E-state index < -0.39 is 23.7 Å². The molecule has 0 bridgehead atoms. The van der Waals surface area contributed by atoms with Gasteiger partial charge in [0.1, 0.15) is 35.0 Å². The second-order valence-corrected chi connectivity index (χ2v) is 6.35. The molecular weight excluding hydrogens is 403 g/mol. The van der Waals surface area contributed by atoms with E-state index in [0.717, 1.165) is 0 Å². The summed E-state index contributed by atoms with van der Waals surface area (Å²) in [5.41, 5.74) is 11.2. The summed E-state index contributed by atoms with van der Waals surface area (Å²) in [5.74, 6) is -0.626. The molecule has 31 heavy (non-hydrogen) atoms. The van der Waals surface area contributed by atoms with Gasteiger partial charge in [0.25, 0.3) is 5.91 Å². The second-order valence-electron chi connectivity index (χ2n) is 6.35. The van der Waals surface area contributed by atoms with Crippen molar-refractivity contribution in [2.24, 2.45) is 21.5 Å². The summed E-state index contributed by atoms with van der Waals surface area (Å²) >= 11 is 0. The van der Waals surface area contributed by atoms with Gasteiger partial charge in [0, 0.05) is 17.8 Å². The molecule has 9 nitrogen and oxygen atoms in total. The van der Waals surface area contributed by atoms with Gasteiger partial charge in [-0.25, -0.2) is 14.4 Å². The summed E-state index contributed by atoms with van der Waals surface area (Å²) in [6.07, 6.45) is 2.97. The molecule has 1 unspecified atom stereocenters. The lowest BCUT2D eigenvalue weighted by Crippen LogP contribution is -2.32. The Morgan fingerprint density at radius 2 is 1.90 bits per heavy atom. The van der Waals surface area contributed by atoms with Crippen LogP contribution in [0.4, 0.5) is 4.39 Å². The fourth-order valence-electron chi connectivity index (χ4n) is 2.34. The standard InChI is InChI=1S/C21H23FN6O3/c1-4-17(20(24)30)28-21(27-13(3)26-12(2)19(23)29)14-9-10-25-18(11-14)31-16-7-5-15(22)6-8-16/h4-12H,1-3H3,(H2,23,29)(H2,24,30)(H,26,27,28)/b17-4-. The number of primary amides is 2. The Balaban J connectivity index is 2.43. The van der Waals surface area contributed by atoms with Gasteiger partial charge >= 0.3 is 0 Å². The highest BCUT2D eigenvalue weighted by molar-refractivity contribution is 6.09. The molecule has 162 valence electrons. The van der Waals surface area contributed by atoms with E-state index in [1.54, 1.807) is 26.0 Å². The number of aliphatic imine (C=N–C) groups is 2. The molecule has 0 saturated heterocycles. The smallest absolute Gasteiger partial charge is 0.264 e. The van der Waals surface area contributed by atoms with Crippen molar-refractivity contribution in [1.29, 1.82) is 0 Å². The van der Waals surface area contributed by atoms with E-state index >= 15 is 0 Å². The first-order chi connectivity index (χ1) is 14.7. The highest BCUT2D eigenvalue weighted by Crippen LogP contribution is 2.20. The number of carbonyl (C=O) groups excluding carboxylic acids is 2. The Hall–Kier alpha value is -4.08. The maximum absolute atomic E-state index is 13.1. The monoisotopic (exact) mass is 426 g/mol. The topological polar surface area (TPSA) is 145 Å². The summed E-state index contributed by atoms with van der Waals surface area (Å²) in [5, 5.41) is 2.86. The highest BCUT2D eigenvalue weighted by Gasteiger charge is 2.13. The number of nitrogens with two attached hydrogens (primary N) is 2. The van der Waals surface area contributed by atoms with Crippen LogP contribution in [0.1, 0.15) is 26.3 Å². The molecule has 2 amide bonds. The minimum Gasteiger partial charge on any atom is -0.439 e. The average Bonchev–Trinajstić information content (AvgIpc) is 2.72. The van der Waals surface area contributed by atoms with Crippen molar-refractivity contribution in [1.82, 2.24) is 10.3 Å². The fraction of sp³-hybridized carbons (Fsp3) is 0.190. The zero-order valence-electron chi connectivity index (χ0n) is 17.3. The number of hydrogen-bond acceptors (Lipinski definition) is 5. The van der Waals surface area contributed by atoms with Crippen LogP contribution in [0.2, 0.25) is 0 Å². The van der Waals surface area contributed by atoms with Gasteiger partial charge in [0.15, 0.2) is 0 Å². The predicted molar refractivity (Wildman–Crippen MR) is 115 cm³/mol. The Morgan fingerprint density at radius 1 is 1.23 bits per heavy atom. The Kier molecular flexibility index (Phi) is 7.95. The lowest BCUT2D eigenvalue weighted by Gasteiger charge is -2.13. The average molecular weight is 426 g/mol. The number of halogens is 1. The zero-order valence-corrected chi connectivity index (χ0v) is 17.3. The van der Waals surface area contributed by atoms with Crippen molar-refractivity contribution in [3.05, 3.63) is 65.7 Å². The first-order valence-electron chi connectivity index (χ1n) is 9.25. The lowest BCUT2D eigenvalue weighted by atomic mass is 10.2. The number of amides is 2.